The lowest BCUT2D eigenvalue weighted by Gasteiger charge is -2.18. The van der Waals surface area contributed by atoms with Gasteiger partial charge >= 0.3 is 17.9 Å². The van der Waals surface area contributed by atoms with Crippen LogP contribution in [0.4, 0.5) is 0 Å². The number of rotatable bonds is 42. The van der Waals surface area contributed by atoms with E-state index in [4.69, 9.17) is 14.2 Å². The number of hydrogen-bond donors (Lipinski definition) is 0. The van der Waals surface area contributed by atoms with Crippen LogP contribution in [0, 0.1) is 0 Å². The van der Waals surface area contributed by atoms with Crippen LogP contribution in [0.2, 0.25) is 0 Å². The van der Waals surface area contributed by atoms with Crippen molar-refractivity contribution in [3.05, 3.63) is 85.1 Å². The van der Waals surface area contributed by atoms with Gasteiger partial charge in [0, 0.05) is 19.3 Å². The zero-order valence-corrected chi connectivity index (χ0v) is 38.2. The van der Waals surface area contributed by atoms with E-state index in [1.165, 1.54) is 77.0 Å². The zero-order valence-electron chi connectivity index (χ0n) is 38.2. The molecule has 1 unspecified atom stereocenters. The fourth-order valence-corrected chi connectivity index (χ4v) is 6.41. The minimum absolute atomic E-state index is 0.0962. The second kappa shape index (κ2) is 47.3. The summed E-state index contributed by atoms with van der Waals surface area (Å²) in [4.78, 5) is 37.8. The summed E-state index contributed by atoms with van der Waals surface area (Å²) in [6, 6.07) is 0. The molecular weight excluding hydrogens is 733 g/mol. The van der Waals surface area contributed by atoms with Gasteiger partial charge in [-0.3, -0.25) is 14.4 Å². The van der Waals surface area contributed by atoms with Gasteiger partial charge in [0.2, 0.25) is 0 Å². The Balaban J connectivity index is 4.46. The summed E-state index contributed by atoms with van der Waals surface area (Å²) in [6.07, 6.45) is 59.9. The van der Waals surface area contributed by atoms with Crippen LogP contribution >= 0.6 is 0 Å². The van der Waals surface area contributed by atoms with Crippen molar-refractivity contribution in [3.63, 3.8) is 0 Å². The van der Waals surface area contributed by atoms with Gasteiger partial charge in [-0.2, -0.15) is 0 Å². The third-order valence-corrected chi connectivity index (χ3v) is 9.99. The molecule has 6 nitrogen and oxygen atoms in total. The Bertz CT molecular complexity index is 1170. The number of unbranched alkanes of at least 4 members (excludes halogenated alkanes) is 20. The first-order valence-corrected chi connectivity index (χ1v) is 24.1. The molecule has 0 aromatic rings. The molecule has 1 atom stereocenters. The Kier molecular flexibility index (Phi) is 44.5. The molecule has 0 aromatic heterocycles. The van der Waals surface area contributed by atoms with E-state index in [-0.39, 0.29) is 37.5 Å². The molecule has 0 saturated heterocycles. The van der Waals surface area contributed by atoms with Crippen LogP contribution in [0.1, 0.15) is 213 Å². The smallest absolute Gasteiger partial charge is 0.306 e. The highest BCUT2D eigenvalue weighted by Crippen LogP contribution is 2.14. The largest absolute Gasteiger partial charge is 0.462 e. The molecule has 0 heterocycles. The second-order valence-electron chi connectivity index (χ2n) is 15.7. The van der Waals surface area contributed by atoms with E-state index in [0.717, 1.165) is 89.9 Å². The van der Waals surface area contributed by atoms with E-state index in [1.807, 2.05) is 36.5 Å². The van der Waals surface area contributed by atoms with E-state index in [0.29, 0.717) is 19.3 Å². The van der Waals surface area contributed by atoms with Crippen molar-refractivity contribution >= 4 is 17.9 Å². The number of hydrogen-bond acceptors (Lipinski definition) is 6. The Morgan fingerprint density at radius 3 is 1.25 bits per heavy atom. The standard InChI is InChI=1S/C53H88O6/c1-4-7-10-13-16-19-22-25-26-27-29-31-34-37-40-43-46-52(55)58-49-50(48-57-51(54)45-42-39-36-33-30-24-21-18-15-12-9-6-3)59-53(56)47-44-41-38-35-32-28-23-20-17-14-11-8-5-2/h7-8,10-11,14,16-17,19-20,23,25-26,28,32,50H,4-6,9,12-13,15,18,21-22,24,27,29-31,33-49H2,1-3H3/b10-7-,11-8-,17-14-,19-16-,23-20-,26-25-,32-28-. The Labute approximate surface area is 363 Å². The maximum absolute atomic E-state index is 12.7. The Morgan fingerprint density at radius 2 is 0.746 bits per heavy atom. The molecule has 59 heavy (non-hydrogen) atoms. The summed E-state index contributed by atoms with van der Waals surface area (Å²) < 4.78 is 16.7. The Hall–Kier alpha value is -3.41. The molecule has 0 aromatic carbocycles. The average Bonchev–Trinajstić information content (AvgIpc) is 3.23. The molecule has 0 aliphatic rings. The molecule has 0 spiro atoms. The minimum Gasteiger partial charge on any atom is -0.462 e. The zero-order chi connectivity index (χ0) is 43.0. The molecule has 0 N–H and O–H groups in total. The summed E-state index contributed by atoms with van der Waals surface area (Å²) in [5, 5.41) is 0. The van der Waals surface area contributed by atoms with Gasteiger partial charge in [-0.15, -0.1) is 0 Å². The van der Waals surface area contributed by atoms with Crippen LogP contribution < -0.4 is 0 Å². The lowest BCUT2D eigenvalue weighted by molar-refractivity contribution is -0.167. The molecule has 336 valence electrons. The fourth-order valence-electron chi connectivity index (χ4n) is 6.41. The van der Waals surface area contributed by atoms with Gasteiger partial charge in [-0.1, -0.05) is 209 Å². The number of carbonyl (C=O) groups excluding carboxylic acids is 3. The van der Waals surface area contributed by atoms with Gasteiger partial charge in [0.1, 0.15) is 13.2 Å². The SMILES string of the molecule is CC\C=C/C=C\C=C/C=C\CCCCCC(=O)OC(COC(=O)CCCCCCCC/C=C\C/C=C\C/C=C\CC)COC(=O)CCCCCCCCCCCCCC. The summed E-state index contributed by atoms with van der Waals surface area (Å²) in [6.45, 7) is 6.32. The molecule has 0 rings (SSSR count). The van der Waals surface area contributed by atoms with Crippen molar-refractivity contribution in [1.82, 2.24) is 0 Å². The van der Waals surface area contributed by atoms with Crippen molar-refractivity contribution in [3.8, 4) is 0 Å². The lowest BCUT2D eigenvalue weighted by atomic mass is 10.0. The van der Waals surface area contributed by atoms with Gasteiger partial charge in [-0.25, -0.2) is 0 Å². The molecule has 0 bridgehead atoms. The highest BCUT2D eigenvalue weighted by molar-refractivity contribution is 5.71. The topological polar surface area (TPSA) is 78.9 Å². The van der Waals surface area contributed by atoms with Gasteiger partial charge in [0.05, 0.1) is 0 Å². The van der Waals surface area contributed by atoms with E-state index in [2.05, 4.69) is 69.4 Å². The highest BCUT2D eigenvalue weighted by atomic mass is 16.6. The Morgan fingerprint density at radius 1 is 0.373 bits per heavy atom. The molecule has 0 aliphatic carbocycles. The van der Waals surface area contributed by atoms with Gasteiger partial charge < -0.3 is 14.2 Å². The molecule has 0 amide bonds. The van der Waals surface area contributed by atoms with Crippen molar-refractivity contribution < 1.29 is 28.6 Å². The molecule has 0 saturated carbocycles. The fraction of sp³-hybridized carbons (Fsp3) is 0.679. The predicted octanol–water partition coefficient (Wildman–Crippen LogP) is 15.6. The molecule has 0 fully saturated rings. The summed E-state index contributed by atoms with van der Waals surface area (Å²) in [5.74, 6) is -0.953. The van der Waals surface area contributed by atoms with Crippen LogP contribution in [-0.4, -0.2) is 37.2 Å². The first-order chi connectivity index (χ1) is 29.0. The van der Waals surface area contributed by atoms with Gasteiger partial charge in [0.25, 0.3) is 0 Å². The summed E-state index contributed by atoms with van der Waals surface area (Å²) >= 11 is 0. The van der Waals surface area contributed by atoms with Crippen molar-refractivity contribution in [2.45, 2.75) is 219 Å². The summed E-state index contributed by atoms with van der Waals surface area (Å²) in [7, 11) is 0. The molecule has 0 radical (unpaired) electrons. The van der Waals surface area contributed by atoms with Crippen molar-refractivity contribution in [1.29, 1.82) is 0 Å². The van der Waals surface area contributed by atoms with Crippen molar-refractivity contribution in [2.75, 3.05) is 13.2 Å². The molecule has 6 heteroatoms. The highest BCUT2D eigenvalue weighted by Gasteiger charge is 2.19. The number of esters is 3. The van der Waals surface area contributed by atoms with E-state index < -0.39 is 6.10 Å². The predicted molar refractivity (Wildman–Crippen MR) is 251 cm³/mol. The first kappa shape index (κ1) is 55.6. The van der Waals surface area contributed by atoms with Crippen molar-refractivity contribution in [2.24, 2.45) is 0 Å². The third kappa shape index (κ3) is 45.5. The first-order valence-electron chi connectivity index (χ1n) is 24.1. The number of allylic oxidation sites excluding steroid dienone is 14. The van der Waals surface area contributed by atoms with Crippen LogP contribution in [0.3, 0.4) is 0 Å². The van der Waals surface area contributed by atoms with E-state index in [1.54, 1.807) is 0 Å². The molecular formula is C53H88O6. The number of carbonyl (C=O) groups is 3. The van der Waals surface area contributed by atoms with Crippen LogP contribution in [0.25, 0.3) is 0 Å². The van der Waals surface area contributed by atoms with Crippen LogP contribution in [0.15, 0.2) is 85.1 Å². The quantitative estimate of drug-likeness (QED) is 0.0201. The average molecular weight is 821 g/mol. The minimum atomic E-state index is -0.799. The third-order valence-electron chi connectivity index (χ3n) is 9.99. The maximum Gasteiger partial charge on any atom is 0.306 e. The molecule has 0 aliphatic heterocycles. The monoisotopic (exact) mass is 821 g/mol. The van der Waals surface area contributed by atoms with Gasteiger partial charge in [-0.05, 0) is 70.6 Å². The number of ether oxygens (including phenoxy) is 3. The summed E-state index contributed by atoms with van der Waals surface area (Å²) in [5.41, 5.74) is 0. The van der Waals surface area contributed by atoms with Crippen LogP contribution in [0.5, 0.6) is 0 Å². The second-order valence-corrected chi connectivity index (χ2v) is 15.7. The van der Waals surface area contributed by atoms with Gasteiger partial charge in [0.15, 0.2) is 6.10 Å². The maximum atomic E-state index is 12.7. The lowest BCUT2D eigenvalue weighted by Crippen LogP contribution is -2.30. The van der Waals surface area contributed by atoms with E-state index in [9.17, 15) is 14.4 Å². The van der Waals surface area contributed by atoms with E-state index >= 15 is 0 Å². The normalized spacial score (nSPS) is 12.8. The van der Waals surface area contributed by atoms with Crippen LogP contribution in [-0.2, 0) is 28.6 Å².